The number of aromatic nitrogens is 4. The summed E-state index contributed by atoms with van der Waals surface area (Å²) >= 11 is 3.40. The molecule has 0 amide bonds. The molecule has 3 aromatic rings. The van der Waals surface area contributed by atoms with Gasteiger partial charge in [0.25, 0.3) is 0 Å². The summed E-state index contributed by atoms with van der Waals surface area (Å²) in [4.78, 5) is 15.6. The third-order valence-electron chi connectivity index (χ3n) is 2.76. The molecule has 0 saturated heterocycles. The Kier molecular flexibility index (Phi) is 3.51. The minimum absolute atomic E-state index is 0.432. The number of halogens is 1. The Balaban J connectivity index is 1.86. The fourth-order valence-electron chi connectivity index (χ4n) is 1.76. The largest absolute Gasteiger partial charge is 0.471 e. The van der Waals surface area contributed by atoms with Crippen LogP contribution in [-0.2, 0) is 6.61 Å². The zero-order valence-corrected chi connectivity index (χ0v) is 12.3. The molecule has 0 atom stereocenters. The van der Waals surface area contributed by atoms with Crippen LogP contribution in [0.2, 0.25) is 0 Å². The third kappa shape index (κ3) is 2.57. The monoisotopic (exact) mass is 333 g/mol. The van der Waals surface area contributed by atoms with Gasteiger partial charge in [-0.3, -0.25) is 0 Å². The summed E-state index contributed by atoms with van der Waals surface area (Å²) < 4.78 is 6.81. The van der Waals surface area contributed by atoms with Crippen molar-refractivity contribution in [1.29, 1.82) is 0 Å². The van der Waals surface area contributed by atoms with Gasteiger partial charge in [-0.2, -0.15) is 9.97 Å². The summed E-state index contributed by atoms with van der Waals surface area (Å²) in [6, 6.07) is 7.94. The first kappa shape index (κ1) is 12.9. The van der Waals surface area contributed by atoms with Gasteiger partial charge in [0.05, 0.1) is 6.33 Å². The van der Waals surface area contributed by atoms with E-state index < -0.39 is 0 Å². The second kappa shape index (κ2) is 5.46. The first-order chi connectivity index (χ1) is 9.76. The molecule has 0 unspecified atom stereocenters. The number of fused-ring (bicyclic) bond motifs is 1. The lowest BCUT2D eigenvalue weighted by atomic mass is 10.2. The van der Waals surface area contributed by atoms with Gasteiger partial charge in [0.1, 0.15) is 12.1 Å². The van der Waals surface area contributed by atoms with E-state index in [4.69, 9.17) is 4.74 Å². The fraction of sp³-hybridized carbons (Fsp3) is 0.154. The van der Waals surface area contributed by atoms with Crippen LogP contribution >= 0.6 is 15.9 Å². The molecule has 0 fully saturated rings. The molecular formula is C13H12BrN5O. The van der Waals surface area contributed by atoms with Crippen molar-refractivity contribution < 1.29 is 4.74 Å². The molecule has 20 heavy (non-hydrogen) atoms. The first-order valence-electron chi connectivity index (χ1n) is 6.02. The maximum Gasteiger partial charge on any atom is 0.245 e. The number of anilines is 1. The van der Waals surface area contributed by atoms with Crippen LogP contribution in [0.15, 0.2) is 35.1 Å². The van der Waals surface area contributed by atoms with Crippen molar-refractivity contribution in [1.82, 2.24) is 19.9 Å². The SMILES string of the molecule is CNc1nc(OCc2ccc(Br)cc2)c2[nH]cnc2n1. The Morgan fingerprint density at radius 1 is 1.25 bits per heavy atom. The fourth-order valence-corrected chi connectivity index (χ4v) is 2.02. The van der Waals surface area contributed by atoms with Gasteiger partial charge in [-0.1, -0.05) is 28.1 Å². The van der Waals surface area contributed by atoms with E-state index in [0.717, 1.165) is 10.0 Å². The summed E-state index contributed by atoms with van der Waals surface area (Å²) in [5.74, 6) is 0.968. The molecule has 0 spiro atoms. The second-order valence-corrected chi connectivity index (χ2v) is 5.03. The summed E-state index contributed by atoms with van der Waals surface area (Å²) in [5.41, 5.74) is 2.33. The number of imidazole rings is 1. The quantitative estimate of drug-likeness (QED) is 0.767. The Hall–Kier alpha value is -2.15. The lowest BCUT2D eigenvalue weighted by molar-refractivity contribution is 0.297. The molecule has 2 heterocycles. The van der Waals surface area contributed by atoms with Gasteiger partial charge in [0.15, 0.2) is 5.65 Å². The summed E-state index contributed by atoms with van der Waals surface area (Å²) in [5, 5.41) is 2.89. The first-order valence-corrected chi connectivity index (χ1v) is 6.81. The molecule has 0 saturated carbocycles. The van der Waals surface area contributed by atoms with Crippen LogP contribution in [0.4, 0.5) is 5.95 Å². The van der Waals surface area contributed by atoms with Crippen LogP contribution < -0.4 is 10.1 Å². The van der Waals surface area contributed by atoms with E-state index in [1.807, 2.05) is 24.3 Å². The van der Waals surface area contributed by atoms with Gasteiger partial charge in [0.2, 0.25) is 11.8 Å². The summed E-state index contributed by atoms with van der Waals surface area (Å²) in [7, 11) is 1.76. The molecule has 0 aliphatic rings. The number of hydrogen-bond donors (Lipinski definition) is 2. The van der Waals surface area contributed by atoms with Crippen LogP contribution in [0.25, 0.3) is 11.2 Å². The third-order valence-corrected chi connectivity index (χ3v) is 3.29. The van der Waals surface area contributed by atoms with Gasteiger partial charge >= 0.3 is 0 Å². The zero-order valence-electron chi connectivity index (χ0n) is 10.7. The van der Waals surface area contributed by atoms with E-state index in [-0.39, 0.29) is 0 Å². The van der Waals surface area contributed by atoms with Crippen molar-refractivity contribution in [3.63, 3.8) is 0 Å². The summed E-state index contributed by atoms with van der Waals surface area (Å²) in [6.45, 7) is 0.432. The van der Waals surface area contributed by atoms with E-state index in [1.54, 1.807) is 13.4 Å². The predicted octanol–water partition coefficient (Wildman–Crippen LogP) is 2.74. The number of H-pyrrole nitrogens is 1. The van der Waals surface area contributed by atoms with Crippen LogP contribution in [0.5, 0.6) is 5.88 Å². The molecule has 0 aliphatic heterocycles. The number of benzene rings is 1. The summed E-state index contributed by atoms with van der Waals surface area (Å²) in [6.07, 6.45) is 1.57. The topological polar surface area (TPSA) is 75.7 Å². The van der Waals surface area contributed by atoms with E-state index in [9.17, 15) is 0 Å². The highest BCUT2D eigenvalue weighted by Crippen LogP contribution is 2.22. The molecule has 0 aliphatic carbocycles. The minimum atomic E-state index is 0.432. The van der Waals surface area contributed by atoms with Crippen molar-refractivity contribution in [2.45, 2.75) is 6.61 Å². The molecule has 2 N–H and O–H groups in total. The number of rotatable bonds is 4. The second-order valence-electron chi connectivity index (χ2n) is 4.12. The number of aromatic amines is 1. The van der Waals surface area contributed by atoms with Crippen LogP contribution in [-0.4, -0.2) is 27.0 Å². The molecule has 0 radical (unpaired) electrons. The smallest absolute Gasteiger partial charge is 0.245 e. The van der Waals surface area contributed by atoms with Gasteiger partial charge in [-0.25, -0.2) is 4.98 Å². The number of nitrogens with one attached hydrogen (secondary N) is 2. The highest BCUT2D eigenvalue weighted by atomic mass is 79.9. The van der Waals surface area contributed by atoms with Gasteiger partial charge in [-0.05, 0) is 17.7 Å². The van der Waals surface area contributed by atoms with Gasteiger partial charge in [0, 0.05) is 11.5 Å². The highest BCUT2D eigenvalue weighted by molar-refractivity contribution is 9.10. The molecule has 0 bridgehead atoms. The lowest BCUT2D eigenvalue weighted by Crippen LogP contribution is -2.02. The van der Waals surface area contributed by atoms with Crippen molar-refractivity contribution in [3.8, 4) is 5.88 Å². The molecule has 2 aromatic heterocycles. The average molecular weight is 334 g/mol. The lowest BCUT2D eigenvalue weighted by Gasteiger charge is -2.07. The zero-order chi connectivity index (χ0) is 13.9. The van der Waals surface area contributed by atoms with E-state index >= 15 is 0 Å². The number of nitrogens with zero attached hydrogens (tertiary/aromatic N) is 3. The molecule has 7 heteroatoms. The van der Waals surface area contributed by atoms with E-state index in [0.29, 0.717) is 29.6 Å². The van der Waals surface area contributed by atoms with E-state index in [2.05, 4.69) is 41.2 Å². The number of hydrogen-bond acceptors (Lipinski definition) is 5. The predicted molar refractivity (Wildman–Crippen MR) is 79.7 cm³/mol. The maximum absolute atomic E-state index is 5.77. The molecular weight excluding hydrogens is 322 g/mol. The Bertz CT molecular complexity index is 725. The van der Waals surface area contributed by atoms with Crippen molar-refractivity contribution in [2.24, 2.45) is 0 Å². The normalized spacial score (nSPS) is 10.7. The standard InChI is InChI=1S/C13H12BrN5O/c1-15-13-18-11-10(16-7-17-11)12(19-13)20-6-8-2-4-9(14)5-3-8/h2-5,7H,6H2,1H3,(H2,15,16,17,18,19). The molecule has 1 aromatic carbocycles. The molecule has 102 valence electrons. The average Bonchev–Trinajstić information content (AvgIpc) is 2.94. The molecule has 6 nitrogen and oxygen atoms in total. The molecule has 3 rings (SSSR count). The highest BCUT2D eigenvalue weighted by Gasteiger charge is 2.10. The Labute approximate surface area is 123 Å². The van der Waals surface area contributed by atoms with Crippen molar-refractivity contribution in [3.05, 3.63) is 40.6 Å². The van der Waals surface area contributed by atoms with Crippen LogP contribution in [0.3, 0.4) is 0 Å². The maximum atomic E-state index is 5.77. The van der Waals surface area contributed by atoms with Crippen LogP contribution in [0.1, 0.15) is 5.56 Å². The number of ether oxygens (including phenoxy) is 1. The Morgan fingerprint density at radius 3 is 2.80 bits per heavy atom. The minimum Gasteiger partial charge on any atom is -0.471 e. The van der Waals surface area contributed by atoms with Crippen LogP contribution in [0, 0.1) is 0 Å². The van der Waals surface area contributed by atoms with Gasteiger partial charge in [-0.15, -0.1) is 0 Å². The van der Waals surface area contributed by atoms with Crippen molar-refractivity contribution in [2.75, 3.05) is 12.4 Å². The van der Waals surface area contributed by atoms with Crippen molar-refractivity contribution >= 4 is 33.0 Å². The van der Waals surface area contributed by atoms with Gasteiger partial charge < -0.3 is 15.0 Å². The Morgan fingerprint density at radius 2 is 2.05 bits per heavy atom. The van der Waals surface area contributed by atoms with E-state index in [1.165, 1.54) is 0 Å².